The molecule has 1 N–H and O–H groups in total. The maximum absolute atomic E-state index is 13.0. The third-order valence-electron chi connectivity index (χ3n) is 4.97. The highest BCUT2D eigenvalue weighted by molar-refractivity contribution is 5.77. The largest absolute Gasteiger partial charge is 0.483 e. The molecule has 0 atom stereocenters. The molecule has 2 aromatic rings. The van der Waals surface area contributed by atoms with E-state index in [1.165, 1.54) is 12.1 Å². The number of carbonyl (C=O) groups is 1. The van der Waals surface area contributed by atoms with E-state index in [1.807, 2.05) is 44.2 Å². The van der Waals surface area contributed by atoms with Crippen LogP contribution in [-0.2, 0) is 11.3 Å². The van der Waals surface area contributed by atoms with Crippen LogP contribution in [0.25, 0.3) is 0 Å². The second-order valence-corrected chi connectivity index (χ2v) is 7.30. The number of nitrogens with one attached hydrogen (secondary N) is 1. The van der Waals surface area contributed by atoms with Crippen LogP contribution in [0.4, 0.5) is 4.39 Å². The summed E-state index contributed by atoms with van der Waals surface area (Å²) < 4.78 is 18.7. The minimum absolute atomic E-state index is 0.0418. The number of nitrogens with zero attached hydrogens (tertiary/aromatic N) is 1. The molecule has 0 unspecified atom stereocenters. The second kappa shape index (κ2) is 9.00. The van der Waals surface area contributed by atoms with E-state index in [-0.39, 0.29) is 24.4 Å². The van der Waals surface area contributed by atoms with Crippen LogP contribution in [0.15, 0.2) is 42.5 Å². The van der Waals surface area contributed by atoms with E-state index in [2.05, 4.69) is 10.2 Å². The zero-order valence-electron chi connectivity index (χ0n) is 16.0. The van der Waals surface area contributed by atoms with Crippen molar-refractivity contribution in [1.82, 2.24) is 10.2 Å². The summed E-state index contributed by atoms with van der Waals surface area (Å²) in [5.74, 6) is 0.482. The number of hydrogen-bond acceptors (Lipinski definition) is 3. The summed E-state index contributed by atoms with van der Waals surface area (Å²) in [4.78, 5) is 14.5. The molecular weight excluding hydrogens is 343 g/mol. The third-order valence-corrected chi connectivity index (χ3v) is 4.97. The van der Waals surface area contributed by atoms with Crippen molar-refractivity contribution >= 4 is 5.91 Å². The number of ether oxygens (including phenoxy) is 1. The Bertz CT molecular complexity index is 768. The molecule has 1 fully saturated rings. The summed E-state index contributed by atoms with van der Waals surface area (Å²) in [5.41, 5.74) is 3.26. The van der Waals surface area contributed by atoms with Crippen LogP contribution in [0, 0.1) is 19.7 Å². The van der Waals surface area contributed by atoms with Crippen LogP contribution in [0.1, 0.15) is 29.5 Å². The van der Waals surface area contributed by atoms with Gasteiger partial charge in [-0.3, -0.25) is 9.69 Å². The van der Waals surface area contributed by atoms with Crippen LogP contribution >= 0.6 is 0 Å². The highest BCUT2D eigenvalue weighted by Crippen LogP contribution is 2.19. The van der Waals surface area contributed by atoms with Gasteiger partial charge in [0, 0.05) is 25.7 Å². The molecule has 1 saturated heterocycles. The number of rotatable bonds is 6. The standard InChI is InChI=1S/C22H27FN2O2/c1-16-3-4-17(2)21(13-16)27-15-22(26)24-20-9-11-25(12-10-20)14-18-5-7-19(23)8-6-18/h3-8,13,20H,9-12,14-15H2,1-2H3,(H,24,26). The van der Waals surface area contributed by atoms with E-state index < -0.39 is 0 Å². The first-order valence-corrected chi connectivity index (χ1v) is 9.46. The Morgan fingerprint density at radius 3 is 2.56 bits per heavy atom. The first-order chi connectivity index (χ1) is 13.0. The maximum atomic E-state index is 13.0. The number of halogens is 1. The molecule has 0 saturated carbocycles. The van der Waals surface area contributed by atoms with Crippen molar-refractivity contribution in [1.29, 1.82) is 0 Å². The average Bonchev–Trinajstić information content (AvgIpc) is 2.66. The predicted octanol–water partition coefficient (Wildman–Crippen LogP) is 3.60. The normalized spacial score (nSPS) is 15.5. The van der Waals surface area contributed by atoms with Crippen LogP contribution in [0.5, 0.6) is 5.75 Å². The molecule has 1 aliphatic heterocycles. The first kappa shape index (κ1) is 19.4. The molecule has 144 valence electrons. The molecule has 0 aliphatic carbocycles. The summed E-state index contributed by atoms with van der Waals surface area (Å²) in [5, 5.41) is 3.07. The van der Waals surface area contributed by atoms with E-state index in [0.29, 0.717) is 0 Å². The summed E-state index contributed by atoms with van der Waals surface area (Å²) in [6, 6.07) is 12.8. The number of hydrogen-bond donors (Lipinski definition) is 1. The summed E-state index contributed by atoms with van der Waals surface area (Å²) in [7, 11) is 0. The van der Waals surface area contributed by atoms with E-state index >= 15 is 0 Å². The van der Waals surface area contributed by atoms with Gasteiger partial charge in [-0.2, -0.15) is 0 Å². The lowest BCUT2D eigenvalue weighted by Crippen LogP contribution is -2.45. The van der Waals surface area contributed by atoms with Crippen molar-refractivity contribution in [3.63, 3.8) is 0 Å². The van der Waals surface area contributed by atoms with Gasteiger partial charge in [0.25, 0.3) is 5.91 Å². The Morgan fingerprint density at radius 1 is 1.15 bits per heavy atom. The molecule has 2 aromatic carbocycles. The number of aryl methyl sites for hydroxylation is 2. The zero-order valence-corrected chi connectivity index (χ0v) is 16.0. The fourth-order valence-corrected chi connectivity index (χ4v) is 3.36. The molecule has 0 spiro atoms. The second-order valence-electron chi connectivity index (χ2n) is 7.30. The van der Waals surface area contributed by atoms with Crippen molar-refractivity contribution in [3.8, 4) is 5.75 Å². The van der Waals surface area contributed by atoms with Crippen LogP contribution in [0.3, 0.4) is 0 Å². The van der Waals surface area contributed by atoms with Gasteiger partial charge < -0.3 is 10.1 Å². The molecular formula is C22H27FN2O2. The fourth-order valence-electron chi connectivity index (χ4n) is 3.36. The molecule has 5 heteroatoms. The molecule has 3 rings (SSSR count). The van der Waals surface area contributed by atoms with Crippen molar-refractivity contribution in [2.45, 2.75) is 39.3 Å². The van der Waals surface area contributed by atoms with Gasteiger partial charge in [-0.1, -0.05) is 24.3 Å². The van der Waals surface area contributed by atoms with E-state index in [4.69, 9.17) is 4.74 Å². The number of likely N-dealkylation sites (tertiary alicyclic amines) is 1. The lowest BCUT2D eigenvalue weighted by atomic mass is 10.0. The Hall–Kier alpha value is -2.40. The van der Waals surface area contributed by atoms with Gasteiger partial charge >= 0.3 is 0 Å². The first-order valence-electron chi connectivity index (χ1n) is 9.46. The number of benzene rings is 2. The van der Waals surface area contributed by atoms with E-state index in [0.717, 1.165) is 54.9 Å². The summed E-state index contributed by atoms with van der Waals surface area (Å²) >= 11 is 0. The third kappa shape index (κ3) is 5.79. The molecule has 27 heavy (non-hydrogen) atoms. The van der Waals surface area contributed by atoms with E-state index in [1.54, 1.807) is 0 Å². The zero-order chi connectivity index (χ0) is 19.2. The number of piperidine rings is 1. The monoisotopic (exact) mass is 370 g/mol. The minimum atomic E-state index is -0.205. The smallest absolute Gasteiger partial charge is 0.258 e. The highest BCUT2D eigenvalue weighted by Gasteiger charge is 2.21. The fraction of sp³-hybridized carbons (Fsp3) is 0.409. The lowest BCUT2D eigenvalue weighted by Gasteiger charge is -2.32. The molecule has 0 bridgehead atoms. The highest BCUT2D eigenvalue weighted by atomic mass is 19.1. The van der Waals surface area contributed by atoms with Gasteiger partial charge in [-0.05, 0) is 61.6 Å². The lowest BCUT2D eigenvalue weighted by molar-refractivity contribution is -0.124. The molecule has 0 radical (unpaired) electrons. The van der Waals surface area contributed by atoms with Crippen molar-refractivity contribution in [2.75, 3.05) is 19.7 Å². The Kier molecular flexibility index (Phi) is 6.45. The molecule has 4 nitrogen and oxygen atoms in total. The SMILES string of the molecule is Cc1ccc(C)c(OCC(=O)NC2CCN(Cc3ccc(F)cc3)CC2)c1. The quantitative estimate of drug-likeness (QED) is 0.845. The Balaban J connectivity index is 1.40. The van der Waals surface area contributed by atoms with Crippen LogP contribution < -0.4 is 10.1 Å². The molecule has 1 heterocycles. The van der Waals surface area contributed by atoms with Gasteiger partial charge in [0.1, 0.15) is 11.6 Å². The molecule has 1 amide bonds. The Labute approximate surface area is 160 Å². The van der Waals surface area contributed by atoms with Gasteiger partial charge in [0.15, 0.2) is 6.61 Å². The summed E-state index contributed by atoms with van der Waals surface area (Å²) in [6.07, 6.45) is 1.83. The van der Waals surface area contributed by atoms with Gasteiger partial charge in [0.2, 0.25) is 0 Å². The van der Waals surface area contributed by atoms with Gasteiger partial charge in [0.05, 0.1) is 0 Å². The minimum Gasteiger partial charge on any atom is -0.483 e. The van der Waals surface area contributed by atoms with Gasteiger partial charge in [-0.15, -0.1) is 0 Å². The predicted molar refractivity (Wildman–Crippen MR) is 104 cm³/mol. The van der Waals surface area contributed by atoms with Gasteiger partial charge in [-0.25, -0.2) is 4.39 Å². The maximum Gasteiger partial charge on any atom is 0.258 e. The number of amides is 1. The number of carbonyl (C=O) groups excluding carboxylic acids is 1. The Morgan fingerprint density at radius 2 is 1.85 bits per heavy atom. The molecule has 1 aliphatic rings. The van der Waals surface area contributed by atoms with Crippen molar-refractivity contribution in [2.24, 2.45) is 0 Å². The topological polar surface area (TPSA) is 41.6 Å². The van der Waals surface area contributed by atoms with E-state index in [9.17, 15) is 9.18 Å². The van der Waals surface area contributed by atoms with Crippen molar-refractivity contribution in [3.05, 3.63) is 65.0 Å². The van der Waals surface area contributed by atoms with Crippen LogP contribution in [0.2, 0.25) is 0 Å². The molecule has 0 aromatic heterocycles. The van der Waals surface area contributed by atoms with Crippen molar-refractivity contribution < 1.29 is 13.9 Å². The summed E-state index contributed by atoms with van der Waals surface area (Å²) in [6.45, 7) is 6.67. The van der Waals surface area contributed by atoms with Crippen LogP contribution in [-0.4, -0.2) is 36.5 Å². The average molecular weight is 370 g/mol.